The van der Waals surface area contributed by atoms with E-state index in [0.717, 1.165) is 6.42 Å². The van der Waals surface area contributed by atoms with Crippen molar-refractivity contribution >= 4 is 0 Å². The molecule has 13 heavy (non-hydrogen) atoms. The quantitative estimate of drug-likeness (QED) is 0.535. The van der Waals surface area contributed by atoms with Crippen LogP contribution in [0.15, 0.2) is 0 Å². The summed E-state index contributed by atoms with van der Waals surface area (Å²) in [5.41, 5.74) is -1.01. The number of aliphatic hydroxyl groups is 3. The van der Waals surface area contributed by atoms with Crippen LogP contribution in [0.5, 0.6) is 0 Å². The summed E-state index contributed by atoms with van der Waals surface area (Å²) >= 11 is 0. The van der Waals surface area contributed by atoms with Gasteiger partial charge in [-0.1, -0.05) is 6.92 Å². The molecule has 1 rings (SSSR count). The Kier molecular flexibility index (Phi) is 2.72. The zero-order valence-electron chi connectivity index (χ0n) is 8.62. The minimum Gasteiger partial charge on any atom is -0.390 e. The Bertz CT molecular complexity index is 181. The molecule has 2 unspecified atom stereocenters. The summed E-state index contributed by atoms with van der Waals surface area (Å²) < 4.78 is 0. The van der Waals surface area contributed by atoms with Crippen LogP contribution in [0.3, 0.4) is 0 Å². The molecule has 0 amide bonds. The van der Waals surface area contributed by atoms with Crippen LogP contribution < -0.4 is 0 Å². The average Bonchev–Trinajstić information content (AvgIpc) is 1.79. The van der Waals surface area contributed by atoms with Crippen molar-refractivity contribution in [3.05, 3.63) is 0 Å². The van der Waals surface area contributed by atoms with E-state index in [4.69, 9.17) is 0 Å². The molecule has 0 saturated heterocycles. The smallest absolute Gasteiger partial charge is 0.168 e. The molecule has 0 heterocycles. The van der Waals surface area contributed by atoms with E-state index < -0.39 is 17.3 Å². The van der Waals surface area contributed by atoms with Crippen LogP contribution in [0.1, 0.15) is 40.0 Å². The highest BCUT2D eigenvalue weighted by Gasteiger charge is 2.46. The van der Waals surface area contributed by atoms with E-state index in [0.29, 0.717) is 18.8 Å². The largest absolute Gasteiger partial charge is 0.390 e. The monoisotopic (exact) mass is 188 g/mol. The van der Waals surface area contributed by atoms with Gasteiger partial charge in [-0.15, -0.1) is 0 Å². The second-order valence-electron chi connectivity index (χ2n) is 4.97. The van der Waals surface area contributed by atoms with Gasteiger partial charge in [0, 0.05) is 12.3 Å². The van der Waals surface area contributed by atoms with Gasteiger partial charge >= 0.3 is 0 Å². The molecule has 3 N–H and O–H groups in total. The van der Waals surface area contributed by atoms with Gasteiger partial charge in [-0.3, -0.25) is 0 Å². The number of hydrogen-bond acceptors (Lipinski definition) is 3. The lowest BCUT2D eigenvalue weighted by Crippen LogP contribution is -2.52. The van der Waals surface area contributed by atoms with E-state index in [2.05, 4.69) is 0 Å². The van der Waals surface area contributed by atoms with Crippen molar-refractivity contribution in [2.24, 2.45) is 11.8 Å². The van der Waals surface area contributed by atoms with Gasteiger partial charge in [0.15, 0.2) is 5.79 Å². The Morgan fingerprint density at radius 1 is 1.23 bits per heavy atom. The Morgan fingerprint density at radius 3 is 2.15 bits per heavy atom. The van der Waals surface area contributed by atoms with Crippen LogP contribution >= 0.6 is 0 Å². The fraction of sp³-hybridized carbons (Fsp3) is 1.00. The van der Waals surface area contributed by atoms with Crippen LogP contribution in [0, 0.1) is 11.8 Å². The summed E-state index contributed by atoms with van der Waals surface area (Å²) in [4.78, 5) is 0. The van der Waals surface area contributed by atoms with Crippen LogP contribution in [-0.2, 0) is 0 Å². The molecule has 3 nitrogen and oxygen atoms in total. The van der Waals surface area contributed by atoms with Crippen LogP contribution in [-0.4, -0.2) is 26.7 Å². The highest BCUT2D eigenvalue weighted by molar-refractivity contribution is 4.92. The van der Waals surface area contributed by atoms with Gasteiger partial charge in [-0.25, -0.2) is 0 Å². The molecule has 3 heteroatoms. The normalized spacial score (nSPS) is 34.6. The molecular formula is C10H20O3. The molecule has 0 aliphatic heterocycles. The van der Waals surface area contributed by atoms with Gasteiger partial charge < -0.3 is 15.3 Å². The van der Waals surface area contributed by atoms with E-state index in [1.54, 1.807) is 13.8 Å². The molecule has 0 aromatic rings. The van der Waals surface area contributed by atoms with Crippen molar-refractivity contribution in [3.8, 4) is 0 Å². The third-order valence-corrected chi connectivity index (χ3v) is 3.01. The molecular weight excluding hydrogens is 168 g/mol. The topological polar surface area (TPSA) is 60.7 Å². The van der Waals surface area contributed by atoms with Crippen LogP contribution in [0.2, 0.25) is 0 Å². The Morgan fingerprint density at radius 2 is 1.77 bits per heavy atom. The maximum absolute atomic E-state index is 9.74. The maximum atomic E-state index is 9.74. The van der Waals surface area contributed by atoms with E-state index in [9.17, 15) is 15.3 Å². The van der Waals surface area contributed by atoms with Crippen molar-refractivity contribution in [1.29, 1.82) is 0 Å². The fourth-order valence-electron chi connectivity index (χ4n) is 2.36. The van der Waals surface area contributed by atoms with E-state index in [-0.39, 0.29) is 0 Å². The molecule has 0 bridgehead atoms. The first-order valence-corrected chi connectivity index (χ1v) is 4.90. The molecule has 1 saturated carbocycles. The van der Waals surface area contributed by atoms with E-state index in [1.165, 1.54) is 0 Å². The van der Waals surface area contributed by atoms with Crippen molar-refractivity contribution in [3.63, 3.8) is 0 Å². The van der Waals surface area contributed by atoms with Gasteiger partial charge in [-0.05, 0) is 32.6 Å². The first kappa shape index (κ1) is 11.0. The third kappa shape index (κ3) is 2.42. The highest BCUT2D eigenvalue weighted by Crippen LogP contribution is 2.40. The van der Waals surface area contributed by atoms with Gasteiger partial charge in [0.2, 0.25) is 0 Å². The Balaban J connectivity index is 2.76. The summed E-state index contributed by atoms with van der Waals surface area (Å²) in [6.07, 6.45) is 2.00. The number of hydrogen-bond donors (Lipinski definition) is 3. The number of rotatable bonds is 1. The minimum atomic E-state index is -1.70. The van der Waals surface area contributed by atoms with Crippen molar-refractivity contribution in [2.45, 2.75) is 51.4 Å². The van der Waals surface area contributed by atoms with Gasteiger partial charge in [0.05, 0.1) is 5.60 Å². The lowest BCUT2D eigenvalue weighted by atomic mass is 9.71. The second-order valence-corrected chi connectivity index (χ2v) is 4.97. The average molecular weight is 188 g/mol. The lowest BCUT2D eigenvalue weighted by Gasteiger charge is -2.44. The molecule has 2 atom stereocenters. The summed E-state index contributed by atoms with van der Waals surface area (Å²) in [6, 6.07) is 0. The zero-order chi connectivity index (χ0) is 10.3. The lowest BCUT2D eigenvalue weighted by molar-refractivity contribution is -0.260. The summed E-state index contributed by atoms with van der Waals surface area (Å²) in [5, 5.41) is 29.2. The summed E-state index contributed by atoms with van der Waals surface area (Å²) in [7, 11) is 0. The molecule has 0 aromatic carbocycles. The predicted molar refractivity (Wildman–Crippen MR) is 50.0 cm³/mol. The molecule has 0 spiro atoms. The SMILES string of the molecule is CC1CCC(C(C)(C)O)C(O)(O)C1. The highest BCUT2D eigenvalue weighted by atomic mass is 16.5. The Labute approximate surface area is 79.4 Å². The van der Waals surface area contributed by atoms with Crippen molar-refractivity contribution < 1.29 is 15.3 Å². The Hall–Kier alpha value is -0.120. The van der Waals surface area contributed by atoms with Crippen molar-refractivity contribution in [2.75, 3.05) is 0 Å². The molecule has 0 aromatic heterocycles. The summed E-state index contributed by atoms with van der Waals surface area (Å²) in [5.74, 6) is -1.81. The molecule has 1 aliphatic rings. The van der Waals surface area contributed by atoms with Crippen LogP contribution in [0.4, 0.5) is 0 Å². The maximum Gasteiger partial charge on any atom is 0.168 e. The van der Waals surface area contributed by atoms with E-state index in [1.807, 2.05) is 6.92 Å². The predicted octanol–water partition coefficient (Wildman–Crippen LogP) is 0.874. The standard InChI is InChI=1S/C10H20O3/c1-7-4-5-8(9(2,3)11)10(12,13)6-7/h7-8,11-13H,4-6H2,1-3H3. The van der Waals surface area contributed by atoms with Gasteiger partial charge in [0.1, 0.15) is 0 Å². The molecule has 1 aliphatic carbocycles. The van der Waals surface area contributed by atoms with E-state index >= 15 is 0 Å². The fourth-order valence-corrected chi connectivity index (χ4v) is 2.36. The van der Waals surface area contributed by atoms with Crippen LogP contribution in [0.25, 0.3) is 0 Å². The third-order valence-electron chi connectivity index (χ3n) is 3.01. The zero-order valence-corrected chi connectivity index (χ0v) is 8.62. The first-order chi connectivity index (χ1) is 5.73. The summed E-state index contributed by atoms with van der Waals surface area (Å²) in [6.45, 7) is 5.27. The minimum absolute atomic E-state index is 0.327. The molecule has 0 radical (unpaired) electrons. The van der Waals surface area contributed by atoms with Gasteiger partial charge in [-0.2, -0.15) is 0 Å². The first-order valence-electron chi connectivity index (χ1n) is 4.90. The molecule has 78 valence electrons. The van der Waals surface area contributed by atoms with Gasteiger partial charge in [0.25, 0.3) is 0 Å². The van der Waals surface area contributed by atoms with Crippen molar-refractivity contribution in [1.82, 2.24) is 0 Å². The second kappa shape index (κ2) is 3.23. The molecule has 1 fully saturated rings.